The van der Waals surface area contributed by atoms with Gasteiger partial charge in [0.1, 0.15) is 5.54 Å². The van der Waals surface area contributed by atoms with Gasteiger partial charge in [0.05, 0.1) is 17.5 Å². The van der Waals surface area contributed by atoms with Gasteiger partial charge in [0.15, 0.2) is 0 Å². The number of carbonyl (C=O) groups is 3. The Labute approximate surface area is 168 Å². The van der Waals surface area contributed by atoms with Crippen LogP contribution in [0.15, 0.2) is 48.5 Å². The van der Waals surface area contributed by atoms with E-state index in [1.165, 1.54) is 4.90 Å². The van der Waals surface area contributed by atoms with E-state index in [-0.39, 0.29) is 23.8 Å². The minimum absolute atomic E-state index is 0.0811. The highest BCUT2D eigenvalue weighted by Gasteiger charge is 2.74. The smallest absolute Gasteiger partial charge is 0.250 e. The number of benzene rings is 2. The van der Waals surface area contributed by atoms with Crippen molar-refractivity contribution in [2.24, 2.45) is 11.8 Å². The van der Waals surface area contributed by atoms with Gasteiger partial charge in [0.2, 0.25) is 17.7 Å². The summed E-state index contributed by atoms with van der Waals surface area (Å²) in [5.74, 6) is -1.77. The number of imide groups is 1. The number of hydrogen-bond donors (Lipinski definition) is 1. The highest BCUT2D eigenvalue weighted by molar-refractivity contribution is 6.26. The van der Waals surface area contributed by atoms with Crippen molar-refractivity contribution >= 4 is 29.1 Å². The fraction of sp³-hybridized carbons (Fsp3) is 0.348. The average molecular weight is 387 g/mol. The molecule has 4 heterocycles. The van der Waals surface area contributed by atoms with Crippen molar-refractivity contribution in [1.29, 1.82) is 0 Å². The lowest BCUT2D eigenvalue weighted by Gasteiger charge is -2.36. The molecule has 6 heteroatoms. The number of amides is 3. The first-order chi connectivity index (χ1) is 14.1. The molecule has 4 aliphatic rings. The molecule has 1 N–H and O–H groups in total. The maximum Gasteiger partial charge on any atom is 0.250 e. The van der Waals surface area contributed by atoms with Crippen molar-refractivity contribution < 1.29 is 14.4 Å². The van der Waals surface area contributed by atoms with Gasteiger partial charge in [-0.3, -0.25) is 19.3 Å². The fourth-order valence-electron chi connectivity index (χ4n) is 6.21. The molecule has 3 saturated heterocycles. The van der Waals surface area contributed by atoms with Crippen LogP contribution in [-0.4, -0.2) is 35.2 Å². The van der Waals surface area contributed by atoms with Crippen molar-refractivity contribution in [3.8, 4) is 0 Å². The van der Waals surface area contributed by atoms with Crippen LogP contribution in [0.2, 0.25) is 0 Å². The molecule has 3 amide bonds. The normalized spacial score (nSPS) is 32.7. The van der Waals surface area contributed by atoms with Crippen LogP contribution in [0.25, 0.3) is 0 Å². The molecule has 146 valence electrons. The molecule has 6 rings (SSSR count). The molecule has 0 aromatic heterocycles. The lowest BCUT2D eigenvalue weighted by Crippen LogP contribution is -2.54. The Balaban J connectivity index is 1.58. The predicted octanol–water partition coefficient (Wildman–Crippen LogP) is 2.43. The van der Waals surface area contributed by atoms with Gasteiger partial charge in [0, 0.05) is 17.3 Å². The Kier molecular flexibility index (Phi) is 3.23. The highest BCUT2D eigenvalue weighted by atomic mass is 16.2. The Hall–Kier alpha value is -2.99. The van der Waals surface area contributed by atoms with Crippen LogP contribution in [0.5, 0.6) is 0 Å². The Morgan fingerprint density at radius 2 is 1.76 bits per heavy atom. The van der Waals surface area contributed by atoms with Crippen LogP contribution in [0, 0.1) is 18.8 Å². The number of anilines is 2. The summed E-state index contributed by atoms with van der Waals surface area (Å²) in [5.41, 5.74) is 1.99. The molecule has 0 radical (unpaired) electrons. The first-order valence-corrected chi connectivity index (χ1v) is 10.2. The van der Waals surface area contributed by atoms with Crippen LogP contribution >= 0.6 is 0 Å². The minimum atomic E-state index is -1.09. The molecular formula is C23H21N3O3. The van der Waals surface area contributed by atoms with E-state index in [1.807, 2.05) is 55.5 Å². The van der Waals surface area contributed by atoms with Crippen molar-refractivity contribution in [1.82, 2.24) is 4.90 Å². The van der Waals surface area contributed by atoms with E-state index >= 15 is 0 Å². The molecule has 4 unspecified atom stereocenters. The van der Waals surface area contributed by atoms with Crippen molar-refractivity contribution in [3.63, 3.8) is 0 Å². The van der Waals surface area contributed by atoms with Gasteiger partial charge in [-0.2, -0.15) is 0 Å². The van der Waals surface area contributed by atoms with Gasteiger partial charge in [-0.25, -0.2) is 4.90 Å². The van der Waals surface area contributed by atoms with E-state index in [0.717, 1.165) is 36.2 Å². The van der Waals surface area contributed by atoms with Gasteiger partial charge in [-0.15, -0.1) is 0 Å². The topological polar surface area (TPSA) is 69.7 Å². The summed E-state index contributed by atoms with van der Waals surface area (Å²) in [7, 11) is 0. The van der Waals surface area contributed by atoms with Gasteiger partial charge < -0.3 is 5.32 Å². The molecule has 2 aromatic rings. The maximum absolute atomic E-state index is 13.8. The third-order valence-electron chi connectivity index (χ3n) is 7.26. The van der Waals surface area contributed by atoms with E-state index in [9.17, 15) is 14.4 Å². The molecule has 29 heavy (non-hydrogen) atoms. The van der Waals surface area contributed by atoms with E-state index in [1.54, 1.807) is 0 Å². The van der Waals surface area contributed by atoms with E-state index in [0.29, 0.717) is 5.69 Å². The van der Waals surface area contributed by atoms with Crippen LogP contribution in [-0.2, 0) is 19.9 Å². The van der Waals surface area contributed by atoms with Crippen molar-refractivity contribution in [2.75, 3.05) is 16.8 Å². The third-order valence-corrected chi connectivity index (χ3v) is 7.26. The van der Waals surface area contributed by atoms with E-state index < -0.39 is 17.4 Å². The van der Waals surface area contributed by atoms with Gasteiger partial charge in [-0.05, 0) is 44.0 Å². The van der Waals surface area contributed by atoms with Gasteiger partial charge >= 0.3 is 0 Å². The van der Waals surface area contributed by atoms with Crippen LogP contribution in [0.4, 0.5) is 11.4 Å². The zero-order valence-electron chi connectivity index (χ0n) is 16.1. The second kappa shape index (κ2) is 5.54. The molecule has 4 aliphatic heterocycles. The number of para-hydroxylation sites is 2. The number of hydrogen-bond acceptors (Lipinski definition) is 4. The first kappa shape index (κ1) is 16.9. The summed E-state index contributed by atoms with van der Waals surface area (Å²) in [5, 5.41) is 2.99. The lowest BCUT2D eigenvalue weighted by molar-refractivity contribution is -0.135. The first-order valence-electron chi connectivity index (χ1n) is 10.2. The molecule has 4 atom stereocenters. The summed E-state index contributed by atoms with van der Waals surface area (Å²) in [4.78, 5) is 44.4. The zero-order chi connectivity index (χ0) is 19.9. The molecule has 1 spiro atoms. The standard InChI is InChI=1S/C23H21N3O3/c1-13-7-2-5-10-16(13)26-20(27)18-17-11-6-12-25(17)23(19(18)21(26)28)14-8-3-4-9-15(14)24-22(23)29/h2-5,7-10,17-19H,6,11-12H2,1H3,(H,24,29). The van der Waals surface area contributed by atoms with Crippen LogP contribution in [0.3, 0.4) is 0 Å². The Morgan fingerprint density at radius 1 is 1.00 bits per heavy atom. The number of aryl methyl sites for hydroxylation is 1. The monoisotopic (exact) mass is 387 g/mol. The summed E-state index contributed by atoms with van der Waals surface area (Å²) < 4.78 is 0. The number of carbonyl (C=O) groups excluding carboxylic acids is 3. The number of nitrogens with one attached hydrogen (secondary N) is 1. The quantitative estimate of drug-likeness (QED) is 0.763. The summed E-state index contributed by atoms with van der Waals surface area (Å²) in [6, 6.07) is 15.0. The highest BCUT2D eigenvalue weighted by Crippen LogP contribution is 2.60. The minimum Gasteiger partial charge on any atom is -0.324 e. The predicted molar refractivity (Wildman–Crippen MR) is 107 cm³/mol. The number of nitrogens with zero attached hydrogens (tertiary/aromatic N) is 2. The molecule has 6 nitrogen and oxygen atoms in total. The Bertz CT molecular complexity index is 1100. The fourth-order valence-corrected chi connectivity index (χ4v) is 6.21. The largest absolute Gasteiger partial charge is 0.324 e. The molecule has 0 saturated carbocycles. The lowest BCUT2D eigenvalue weighted by atomic mass is 9.75. The molecular weight excluding hydrogens is 366 g/mol. The molecule has 3 fully saturated rings. The SMILES string of the molecule is Cc1ccccc1N1C(=O)C2C3CCCN3C3(C(=O)Nc4ccccc43)C2C1=O. The van der Waals surface area contributed by atoms with Crippen LogP contribution in [0.1, 0.15) is 24.0 Å². The van der Waals surface area contributed by atoms with Crippen molar-refractivity contribution in [2.45, 2.75) is 31.3 Å². The van der Waals surface area contributed by atoms with Crippen LogP contribution < -0.4 is 10.2 Å². The van der Waals surface area contributed by atoms with E-state index in [2.05, 4.69) is 10.2 Å². The average Bonchev–Trinajstić information content (AvgIpc) is 3.41. The van der Waals surface area contributed by atoms with Gasteiger partial charge in [0.25, 0.3) is 0 Å². The molecule has 2 aromatic carbocycles. The second-order valence-corrected chi connectivity index (χ2v) is 8.47. The second-order valence-electron chi connectivity index (χ2n) is 8.47. The van der Waals surface area contributed by atoms with Gasteiger partial charge in [-0.1, -0.05) is 36.4 Å². The Morgan fingerprint density at radius 3 is 2.59 bits per heavy atom. The third kappa shape index (κ3) is 1.83. The molecule has 0 aliphatic carbocycles. The van der Waals surface area contributed by atoms with Crippen molar-refractivity contribution in [3.05, 3.63) is 59.7 Å². The number of rotatable bonds is 1. The number of fused-ring (bicyclic) bond motifs is 7. The maximum atomic E-state index is 13.8. The summed E-state index contributed by atoms with van der Waals surface area (Å²) >= 11 is 0. The summed E-state index contributed by atoms with van der Waals surface area (Å²) in [6.45, 7) is 2.63. The zero-order valence-corrected chi connectivity index (χ0v) is 16.1. The van der Waals surface area contributed by atoms with E-state index in [4.69, 9.17) is 0 Å². The molecule has 0 bridgehead atoms. The summed E-state index contributed by atoms with van der Waals surface area (Å²) in [6.07, 6.45) is 1.76.